The quantitative estimate of drug-likeness (QED) is 0.353. The minimum Gasteiger partial charge on any atom is -0.506 e. The molecule has 0 atom stereocenters. The normalized spacial score (nSPS) is 16.2. The van der Waals surface area contributed by atoms with Crippen molar-refractivity contribution in [2.45, 2.75) is 0 Å². The van der Waals surface area contributed by atoms with Gasteiger partial charge in [-0.3, -0.25) is 19.8 Å². The molecule has 1 saturated heterocycles. The van der Waals surface area contributed by atoms with E-state index in [1.807, 2.05) is 0 Å². The lowest BCUT2D eigenvalue weighted by Gasteiger charge is -2.29. The molecule has 0 saturated carbocycles. The van der Waals surface area contributed by atoms with E-state index in [1.165, 1.54) is 11.0 Å². The van der Waals surface area contributed by atoms with Gasteiger partial charge in [-0.1, -0.05) is 11.6 Å². The molecule has 1 aliphatic heterocycles. The maximum Gasteiger partial charge on any atom is 0.270 e. The highest BCUT2D eigenvalue weighted by atomic mass is 79.9. The highest BCUT2D eigenvalue weighted by Crippen LogP contribution is 2.34. The topological polar surface area (TPSA) is 69.6 Å². The van der Waals surface area contributed by atoms with E-state index in [0.29, 0.717) is 25.2 Å². The SMILES string of the molecule is O=C1NC(=S)N(c2ccc(Cl)cc2)C(=O)/C1=C/c1cc(Br)c(O)c(Br)c1. The maximum absolute atomic E-state index is 12.9. The third kappa shape index (κ3) is 3.68. The molecule has 2 amide bonds. The van der Waals surface area contributed by atoms with Crippen molar-refractivity contribution < 1.29 is 14.7 Å². The van der Waals surface area contributed by atoms with E-state index < -0.39 is 11.8 Å². The number of halogens is 3. The van der Waals surface area contributed by atoms with E-state index in [1.54, 1.807) is 36.4 Å². The van der Waals surface area contributed by atoms with Crippen molar-refractivity contribution in [1.29, 1.82) is 0 Å². The molecule has 2 N–H and O–H groups in total. The van der Waals surface area contributed by atoms with E-state index in [4.69, 9.17) is 23.8 Å². The van der Waals surface area contributed by atoms with Crippen molar-refractivity contribution >= 4 is 84.4 Å². The zero-order valence-electron chi connectivity index (χ0n) is 12.8. The number of aromatic hydroxyl groups is 1. The summed E-state index contributed by atoms with van der Waals surface area (Å²) in [6, 6.07) is 9.70. The monoisotopic (exact) mass is 514 g/mol. The molecule has 0 unspecified atom stereocenters. The van der Waals surface area contributed by atoms with Gasteiger partial charge in [0.05, 0.1) is 14.6 Å². The molecule has 1 fully saturated rings. The molecule has 132 valence electrons. The average Bonchev–Trinajstić information content (AvgIpc) is 2.58. The van der Waals surface area contributed by atoms with Crippen LogP contribution in [0.2, 0.25) is 5.02 Å². The van der Waals surface area contributed by atoms with Gasteiger partial charge in [-0.25, -0.2) is 0 Å². The molecule has 9 heteroatoms. The lowest BCUT2D eigenvalue weighted by atomic mass is 10.1. The Hall–Kier alpha value is -1.74. The molecular weight excluding hydrogens is 508 g/mol. The van der Waals surface area contributed by atoms with Gasteiger partial charge in [0.2, 0.25) is 0 Å². The first-order valence-corrected chi connectivity index (χ1v) is 9.50. The number of amides is 2. The van der Waals surface area contributed by atoms with Crippen LogP contribution in [0.25, 0.3) is 6.08 Å². The Bertz CT molecular complexity index is 953. The number of anilines is 1. The Morgan fingerprint density at radius 1 is 1.12 bits per heavy atom. The van der Waals surface area contributed by atoms with Gasteiger partial charge in [0, 0.05) is 5.02 Å². The second-order valence-electron chi connectivity index (χ2n) is 5.27. The van der Waals surface area contributed by atoms with E-state index >= 15 is 0 Å². The summed E-state index contributed by atoms with van der Waals surface area (Å²) in [6.07, 6.45) is 1.43. The summed E-state index contributed by atoms with van der Waals surface area (Å²) in [5.74, 6) is -1.12. The van der Waals surface area contributed by atoms with Crippen molar-refractivity contribution in [1.82, 2.24) is 5.32 Å². The number of carbonyl (C=O) groups is 2. The highest BCUT2D eigenvalue weighted by Gasteiger charge is 2.34. The molecule has 26 heavy (non-hydrogen) atoms. The van der Waals surface area contributed by atoms with Crippen LogP contribution in [0.5, 0.6) is 5.75 Å². The van der Waals surface area contributed by atoms with E-state index in [0.717, 1.165) is 0 Å². The van der Waals surface area contributed by atoms with Crippen molar-refractivity contribution in [3.63, 3.8) is 0 Å². The first kappa shape index (κ1) is 19.0. The second-order valence-corrected chi connectivity index (χ2v) is 7.80. The summed E-state index contributed by atoms with van der Waals surface area (Å²) >= 11 is 17.5. The van der Waals surface area contributed by atoms with E-state index in [-0.39, 0.29) is 16.4 Å². The van der Waals surface area contributed by atoms with E-state index in [9.17, 15) is 14.7 Å². The minimum absolute atomic E-state index is 0.00691. The summed E-state index contributed by atoms with van der Waals surface area (Å²) in [7, 11) is 0. The molecule has 0 spiro atoms. The van der Waals surface area contributed by atoms with Crippen molar-refractivity contribution in [3.8, 4) is 5.75 Å². The number of benzene rings is 2. The molecule has 1 heterocycles. The fourth-order valence-electron chi connectivity index (χ4n) is 2.32. The predicted molar refractivity (Wildman–Crippen MR) is 111 cm³/mol. The Kier molecular flexibility index (Phi) is 5.47. The third-order valence-corrected chi connectivity index (χ3v) is 5.28. The van der Waals surface area contributed by atoms with Gasteiger partial charge >= 0.3 is 0 Å². The molecule has 0 radical (unpaired) electrons. The van der Waals surface area contributed by atoms with Gasteiger partial charge in [0.15, 0.2) is 5.11 Å². The third-order valence-electron chi connectivity index (χ3n) is 3.54. The van der Waals surface area contributed by atoms with Crippen LogP contribution in [0.4, 0.5) is 5.69 Å². The average molecular weight is 517 g/mol. The van der Waals surface area contributed by atoms with Gasteiger partial charge in [-0.05, 0) is 92.1 Å². The van der Waals surface area contributed by atoms with Gasteiger partial charge < -0.3 is 5.11 Å². The smallest absolute Gasteiger partial charge is 0.270 e. The fourth-order valence-corrected chi connectivity index (χ4v) is 3.95. The molecular formula is C17H9Br2ClN2O3S. The first-order chi connectivity index (χ1) is 12.3. The predicted octanol–water partition coefficient (Wildman–Crippen LogP) is 4.40. The fraction of sp³-hybridized carbons (Fsp3) is 0. The summed E-state index contributed by atoms with van der Waals surface area (Å²) < 4.78 is 0.847. The van der Waals surface area contributed by atoms with Crippen LogP contribution in [0.15, 0.2) is 50.9 Å². The number of phenolic OH excluding ortho intramolecular Hbond substituents is 1. The number of thiocarbonyl (C=S) groups is 1. The maximum atomic E-state index is 12.9. The van der Waals surface area contributed by atoms with Crippen molar-refractivity contribution in [3.05, 3.63) is 61.5 Å². The number of nitrogens with zero attached hydrogens (tertiary/aromatic N) is 1. The van der Waals surface area contributed by atoms with Crippen LogP contribution in [0.1, 0.15) is 5.56 Å². The zero-order valence-corrected chi connectivity index (χ0v) is 17.5. The zero-order chi connectivity index (χ0) is 19.0. The van der Waals surface area contributed by atoms with Crippen LogP contribution in [-0.4, -0.2) is 22.0 Å². The van der Waals surface area contributed by atoms with Crippen LogP contribution in [0.3, 0.4) is 0 Å². The summed E-state index contributed by atoms with van der Waals surface area (Å²) in [5, 5.41) is 12.8. The molecule has 2 aromatic carbocycles. The molecule has 2 aromatic rings. The van der Waals surface area contributed by atoms with Gasteiger partial charge in [0.1, 0.15) is 11.3 Å². The minimum atomic E-state index is -0.592. The largest absolute Gasteiger partial charge is 0.506 e. The summed E-state index contributed by atoms with van der Waals surface area (Å²) in [4.78, 5) is 26.4. The Labute approximate surface area is 175 Å². The number of hydrogen-bond donors (Lipinski definition) is 2. The Balaban J connectivity index is 2.04. The van der Waals surface area contributed by atoms with Crippen LogP contribution >= 0.6 is 55.7 Å². The number of phenols is 1. The first-order valence-electron chi connectivity index (χ1n) is 7.13. The Morgan fingerprint density at radius 2 is 1.69 bits per heavy atom. The molecule has 1 aliphatic rings. The molecule has 5 nitrogen and oxygen atoms in total. The molecule has 3 rings (SSSR count). The number of rotatable bonds is 2. The molecule has 0 aromatic heterocycles. The van der Waals surface area contributed by atoms with Crippen LogP contribution < -0.4 is 10.2 Å². The van der Waals surface area contributed by atoms with Crippen LogP contribution in [-0.2, 0) is 9.59 Å². The van der Waals surface area contributed by atoms with Gasteiger partial charge in [-0.2, -0.15) is 0 Å². The number of carbonyl (C=O) groups excluding carboxylic acids is 2. The van der Waals surface area contributed by atoms with Crippen molar-refractivity contribution in [2.24, 2.45) is 0 Å². The molecule has 0 bridgehead atoms. The highest BCUT2D eigenvalue weighted by molar-refractivity contribution is 9.11. The lowest BCUT2D eigenvalue weighted by molar-refractivity contribution is -0.122. The lowest BCUT2D eigenvalue weighted by Crippen LogP contribution is -2.54. The van der Waals surface area contributed by atoms with Gasteiger partial charge in [-0.15, -0.1) is 0 Å². The van der Waals surface area contributed by atoms with E-state index in [2.05, 4.69) is 37.2 Å². The summed E-state index contributed by atoms with van der Waals surface area (Å²) in [5.41, 5.74) is 0.949. The number of hydrogen-bond acceptors (Lipinski definition) is 4. The van der Waals surface area contributed by atoms with Crippen molar-refractivity contribution in [2.75, 3.05) is 4.90 Å². The van der Waals surface area contributed by atoms with Gasteiger partial charge in [0.25, 0.3) is 11.8 Å². The standard InChI is InChI=1S/C17H9Br2ClN2O3S/c18-12-6-8(7-13(19)14(12)23)5-11-15(24)21-17(26)22(16(11)25)10-3-1-9(20)2-4-10/h1-7,23H,(H,21,24,26)/b11-5+. The number of nitrogens with one attached hydrogen (secondary N) is 1. The molecule has 0 aliphatic carbocycles. The summed E-state index contributed by atoms with van der Waals surface area (Å²) in [6.45, 7) is 0. The Morgan fingerprint density at radius 3 is 2.27 bits per heavy atom. The van der Waals surface area contributed by atoms with Crippen LogP contribution in [0, 0.1) is 0 Å². The second kappa shape index (κ2) is 7.48.